The highest BCUT2D eigenvalue weighted by Gasteiger charge is 2.19. The van der Waals surface area contributed by atoms with Gasteiger partial charge in [0.2, 0.25) is 0 Å². The standard InChI is InChI=1S/C52H30N4O2/c1-2-12-32(13-3-1)50-54-51(35-15-10-14-34(29-35)47-39-16-4-5-17-40(39)49-48(53-47)42-19-7-9-22-44(42)58-49)56-52(55-50)36-27-25-31-24-26-33(28-37(31)30-36)38-20-11-23-45-46(38)41-18-6-8-21-43(41)57-45/h1-30H. The van der Waals surface area contributed by atoms with Crippen molar-refractivity contribution in [1.29, 1.82) is 0 Å². The van der Waals surface area contributed by atoms with Crippen molar-refractivity contribution in [3.8, 4) is 56.5 Å². The first-order chi connectivity index (χ1) is 28.7. The number of benzene rings is 8. The van der Waals surface area contributed by atoms with Gasteiger partial charge >= 0.3 is 0 Å². The third-order valence-electron chi connectivity index (χ3n) is 11.1. The van der Waals surface area contributed by atoms with Gasteiger partial charge in [-0.3, -0.25) is 0 Å². The molecule has 12 rings (SSSR count). The Kier molecular flexibility index (Phi) is 7.13. The lowest BCUT2D eigenvalue weighted by Crippen LogP contribution is -2.00. The zero-order valence-corrected chi connectivity index (χ0v) is 30.9. The maximum atomic E-state index is 6.35. The molecule has 8 aromatic carbocycles. The number of rotatable bonds is 5. The summed E-state index contributed by atoms with van der Waals surface area (Å²) in [6.07, 6.45) is 0. The van der Waals surface area contributed by atoms with Gasteiger partial charge in [0, 0.05) is 49.2 Å². The molecule has 0 saturated carbocycles. The molecule has 0 aliphatic rings. The van der Waals surface area contributed by atoms with Crippen molar-refractivity contribution < 1.29 is 8.83 Å². The predicted octanol–water partition coefficient (Wildman–Crippen LogP) is 13.7. The first-order valence-corrected chi connectivity index (χ1v) is 19.3. The van der Waals surface area contributed by atoms with Crippen LogP contribution in [0.15, 0.2) is 191 Å². The van der Waals surface area contributed by atoms with Crippen LogP contribution in [0, 0.1) is 0 Å². The van der Waals surface area contributed by atoms with Crippen LogP contribution in [0.2, 0.25) is 0 Å². The minimum Gasteiger partial charge on any atom is -0.456 e. The van der Waals surface area contributed by atoms with E-state index in [9.17, 15) is 0 Å². The number of fused-ring (bicyclic) bond motifs is 9. The molecule has 0 N–H and O–H groups in total. The Bertz CT molecular complexity index is 3590. The molecule has 6 heteroatoms. The molecular weight excluding hydrogens is 713 g/mol. The average molecular weight is 743 g/mol. The minimum absolute atomic E-state index is 0.581. The van der Waals surface area contributed by atoms with Crippen LogP contribution in [0.5, 0.6) is 0 Å². The topological polar surface area (TPSA) is 77.8 Å². The molecule has 6 nitrogen and oxygen atoms in total. The van der Waals surface area contributed by atoms with Crippen LogP contribution >= 0.6 is 0 Å². The van der Waals surface area contributed by atoms with Crippen molar-refractivity contribution in [2.45, 2.75) is 0 Å². The van der Waals surface area contributed by atoms with Gasteiger partial charge in [0.25, 0.3) is 0 Å². The molecule has 4 heterocycles. The molecule has 0 amide bonds. The Hall–Kier alpha value is -7.96. The van der Waals surface area contributed by atoms with Crippen molar-refractivity contribution in [1.82, 2.24) is 19.9 Å². The van der Waals surface area contributed by atoms with Gasteiger partial charge in [-0.05, 0) is 64.4 Å². The van der Waals surface area contributed by atoms with Gasteiger partial charge in [-0.1, -0.05) is 140 Å². The van der Waals surface area contributed by atoms with Crippen LogP contribution in [-0.4, -0.2) is 19.9 Å². The van der Waals surface area contributed by atoms with Crippen LogP contribution in [0.25, 0.3) is 122 Å². The molecule has 0 spiro atoms. The fourth-order valence-electron chi connectivity index (χ4n) is 8.33. The number of pyridine rings is 1. The Balaban J connectivity index is 1.01. The molecule has 58 heavy (non-hydrogen) atoms. The van der Waals surface area contributed by atoms with E-state index < -0.39 is 0 Å². The monoisotopic (exact) mass is 742 g/mol. The molecule has 12 aromatic rings. The van der Waals surface area contributed by atoms with Crippen LogP contribution < -0.4 is 0 Å². The molecule has 4 aromatic heterocycles. The lowest BCUT2D eigenvalue weighted by atomic mass is 9.96. The molecule has 0 fully saturated rings. The Labute approximate surface area is 331 Å². The number of hydrogen-bond acceptors (Lipinski definition) is 6. The first-order valence-electron chi connectivity index (χ1n) is 19.3. The highest BCUT2D eigenvalue weighted by Crippen LogP contribution is 2.40. The SMILES string of the molecule is c1ccc(-c2nc(-c3cccc(-c4nc5c6ccccc6oc5c5ccccc45)c3)nc(-c3ccc4ccc(-c5cccc6oc7ccccc7c56)cc4c3)n2)cc1. The number of aromatic nitrogens is 4. The third kappa shape index (κ3) is 5.20. The van der Waals surface area contributed by atoms with Crippen LogP contribution in [-0.2, 0) is 0 Å². The van der Waals surface area contributed by atoms with Gasteiger partial charge in [0.15, 0.2) is 23.1 Å². The fourth-order valence-corrected chi connectivity index (χ4v) is 8.33. The molecule has 0 aliphatic carbocycles. The van der Waals surface area contributed by atoms with Gasteiger partial charge in [-0.25, -0.2) is 19.9 Å². The molecule has 270 valence electrons. The predicted molar refractivity (Wildman–Crippen MR) is 234 cm³/mol. The van der Waals surface area contributed by atoms with Crippen LogP contribution in [0.3, 0.4) is 0 Å². The second-order valence-corrected chi connectivity index (χ2v) is 14.6. The van der Waals surface area contributed by atoms with Crippen molar-refractivity contribution >= 4 is 65.6 Å². The van der Waals surface area contributed by atoms with E-state index in [1.54, 1.807) is 0 Å². The maximum Gasteiger partial charge on any atom is 0.164 e. The van der Waals surface area contributed by atoms with Gasteiger partial charge in [-0.15, -0.1) is 0 Å². The summed E-state index contributed by atoms with van der Waals surface area (Å²) in [6, 6.07) is 62.3. The summed E-state index contributed by atoms with van der Waals surface area (Å²) in [5.74, 6) is 1.78. The number of nitrogens with zero attached hydrogens (tertiary/aromatic N) is 4. The summed E-state index contributed by atoms with van der Waals surface area (Å²) in [6.45, 7) is 0. The second kappa shape index (κ2) is 12.8. The van der Waals surface area contributed by atoms with Gasteiger partial charge in [0.1, 0.15) is 22.3 Å². The Morgan fingerprint density at radius 1 is 0.328 bits per heavy atom. The van der Waals surface area contributed by atoms with Crippen molar-refractivity contribution in [3.05, 3.63) is 182 Å². The lowest BCUT2D eigenvalue weighted by Gasteiger charge is -2.11. The molecule has 0 saturated heterocycles. The highest BCUT2D eigenvalue weighted by atomic mass is 16.3. The largest absolute Gasteiger partial charge is 0.456 e. The summed E-state index contributed by atoms with van der Waals surface area (Å²) in [4.78, 5) is 20.6. The molecule has 0 unspecified atom stereocenters. The Morgan fingerprint density at radius 2 is 0.897 bits per heavy atom. The van der Waals surface area contributed by atoms with E-state index in [1.807, 2.05) is 84.9 Å². The normalized spacial score (nSPS) is 11.8. The zero-order chi connectivity index (χ0) is 38.2. The summed E-state index contributed by atoms with van der Waals surface area (Å²) in [5.41, 5.74) is 11.0. The number of para-hydroxylation sites is 2. The molecular formula is C52H30N4O2. The van der Waals surface area contributed by atoms with Gasteiger partial charge < -0.3 is 8.83 Å². The summed E-state index contributed by atoms with van der Waals surface area (Å²) >= 11 is 0. The smallest absolute Gasteiger partial charge is 0.164 e. The molecule has 0 atom stereocenters. The number of hydrogen-bond donors (Lipinski definition) is 0. The van der Waals surface area contributed by atoms with Crippen molar-refractivity contribution in [2.75, 3.05) is 0 Å². The third-order valence-corrected chi connectivity index (χ3v) is 11.1. The molecule has 0 aliphatic heterocycles. The summed E-state index contributed by atoms with van der Waals surface area (Å²) in [7, 11) is 0. The van der Waals surface area contributed by atoms with E-state index in [0.717, 1.165) is 105 Å². The van der Waals surface area contributed by atoms with Crippen LogP contribution in [0.4, 0.5) is 0 Å². The van der Waals surface area contributed by atoms with E-state index in [-0.39, 0.29) is 0 Å². The lowest BCUT2D eigenvalue weighted by molar-refractivity contribution is 0.669. The van der Waals surface area contributed by atoms with E-state index >= 15 is 0 Å². The first kappa shape index (κ1) is 32.3. The number of furan rings is 2. The van der Waals surface area contributed by atoms with E-state index in [1.165, 1.54) is 0 Å². The van der Waals surface area contributed by atoms with Crippen molar-refractivity contribution in [2.24, 2.45) is 0 Å². The van der Waals surface area contributed by atoms with E-state index in [2.05, 4.69) is 97.1 Å². The van der Waals surface area contributed by atoms with E-state index in [4.69, 9.17) is 28.8 Å². The summed E-state index contributed by atoms with van der Waals surface area (Å²) in [5, 5.41) is 7.47. The quantitative estimate of drug-likeness (QED) is 0.175. The van der Waals surface area contributed by atoms with E-state index in [0.29, 0.717) is 17.5 Å². The zero-order valence-electron chi connectivity index (χ0n) is 30.9. The molecule has 0 radical (unpaired) electrons. The average Bonchev–Trinajstić information content (AvgIpc) is 3.87. The fraction of sp³-hybridized carbons (Fsp3) is 0. The minimum atomic E-state index is 0.581. The Morgan fingerprint density at radius 3 is 1.71 bits per heavy atom. The highest BCUT2D eigenvalue weighted by molar-refractivity contribution is 6.16. The van der Waals surface area contributed by atoms with Gasteiger partial charge in [-0.2, -0.15) is 0 Å². The van der Waals surface area contributed by atoms with Crippen molar-refractivity contribution in [3.63, 3.8) is 0 Å². The molecule has 0 bridgehead atoms. The summed E-state index contributed by atoms with van der Waals surface area (Å²) < 4.78 is 12.6. The van der Waals surface area contributed by atoms with Crippen LogP contribution in [0.1, 0.15) is 0 Å². The maximum absolute atomic E-state index is 6.35. The second-order valence-electron chi connectivity index (χ2n) is 14.6. The van der Waals surface area contributed by atoms with Gasteiger partial charge in [0.05, 0.1) is 5.69 Å².